The number of aliphatic hydroxyl groups is 1. The van der Waals surface area contributed by atoms with Gasteiger partial charge >= 0.3 is 39.5 Å². The first kappa shape index (κ1) is 94.7. The van der Waals surface area contributed by atoms with E-state index in [2.05, 4.69) is 143 Å². The van der Waals surface area contributed by atoms with Crippen LogP contribution < -0.4 is 0 Å². The molecule has 0 aromatic heterocycles. The molecule has 0 aliphatic heterocycles. The highest BCUT2D eigenvalue weighted by molar-refractivity contribution is 7.47. The molecule has 0 heterocycles. The fourth-order valence-corrected chi connectivity index (χ4v) is 10.9. The van der Waals surface area contributed by atoms with Crippen molar-refractivity contribution in [3.8, 4) is 0 Å². The molecule has 0 aromatic carbocycles. The second-order valence-corrected chi connectivity index (χ2v) is 27.4. The molecule has 568 valence electrons. The SMILES string of the molecule is CC/C=C\C/C=C\C/C=C\C/C=C\C/C=C\C/C=C\CCC(=O)OCC(COP(=O)(O)OCC(O)COP(=O)(O)OCC(COC(=O)C/C=C\C/C=C\C/C=C\C/C=C\C/C=C\CC)OC(=O)CCCCCCC/C=C\C/C=C\CCCCC)OC(=O)CCCCCCCCCCCCC. The van der Waals surface area contributed by atoms with Gasteiger partial charge < -0.3 is 33.8 Å². The fraction of sp³-hybridized carbons (Fsp3) is 0.630. The standard InChI is InChI=1S/C81H132O17P2/c1-5-9-13-17-21-25-29-32-35-36-37-38-41-43-47-50-54-58-62-66-79(84)91-71-76(97-80(85)67-63-59-55-51-45-28-24-20-16-12-8-4)73-95-99(87,88)93-69-75(82)70-94-100(89,90)96-74-77(98-81(86)68-64-60-56-52-48-44-40-34-31-27-23-19-15-11-7-3)72-92-78(83)65-61-57-53-49-46-42-39-33-30-26-22-18-14-10-6-2/h9-10,13-14,21-23,25-27,32-35,37-40,43,46-47,49,54,57-58,61,75-77,82H,5-8,11-12,15-20,24,28-31,36,41-42,44-45,48,50-53,55-56,59-60,62-74H2,1-4H3,(H,87,88)(H,89,90)/b13-9-,14-10-,25-21-,26-22-,27-23-,35-32-,38-37-,39-33-,40-34-,47-43-,49-46-,58-54-,61-57-. The minimum absolute atomic E-state index is 0.0312. The predicted octanol–water partition coefficient (Wildman–Crippen LogP) is 21.7. The van der Waals surface area contributed by atoms with Crippen molar-refractivity contribution in [1.82, 2.24) is 0 Å². The van der Waals surface area contributed by atoms with Gasteiger partial charge in [-0.05, 0) is 122 Å². The second-order valence-electron chi connectivity index (χ2n) is 24.5. The maximum Gasteiger partial charge on any atom is 0.472 e. The summed E-state index contributed by atoms with van der Waals surface area (Å²) in [5, 5.41) is 10.6. The first-order valence-corrected chi connectivity index (χ1v) is 40.7. The lowest BCUT2D eigenvalue weighted by molar-refractivity contribution is -0.161. The Morgan fingerprint density at radius 2 is 0.580 bits per heavy atom. The first-order valence-electron chi connectivity index (χ1n) is 37.7. The van der Waals surface area contributed by atoms with Gasteiger partial charge in [0.05, 0.1) is 32.8 Å². The molecule has 0 fully saturated rings. The van der Waals surface area contributed by atoms with E-state index < -0.39 is 97.5 Å². The summed E-state index contributed by atoms with van der Waals surface area (Å²) in [6.45, 7) is 4.37. The molecule has 0 aliphatic carbocycles. The van der Waals surface area contributed by atoms with Crippen LogP contribution in [-0.2, 0) is 65.4 Å². The van der Waals surface area contributed by atoms with Crippen molar-refractivity contribution in [1.29, 1.82) is 0 Å². The minimum atomic E-state index is -5.01. The maximum atomic E-state index is 13.1. The van der Waals surface area contributed by atoms with Crippen LogP contribution in [-0.4, -0.2) is 96.7 Å². The van der Waals surface area contributed by atoms with Crippen LogP contribution >= 0.6 is 15.6 Å². The molecule has 0 aromatic rings. The third kappa shape index (κ3) is 71.1. The number of aliphatic hydroxyl groups excluding tert-OH is 1. The molecule has 17 nitrogen and oxygen atoms in total. The van der Waals surface area contributed by atoms with Gasteiger partial charge in [0.2, 0.25) is 0 Å². The minimum Gasteiger partial charge on any atom is -0.462 e. The van der Waals surface area contributed by atoms with E-state index in [-0.39, 0.29) is 25.7 Å². The van der Waals surface area contributed by atoms with E-state index in [1.165, 1.54) is 57.8 Å². The van der Waals surface area contributed by atoms with Crippen LogP contribution in [0, 0.1) is 0 Å². The first-order chi connectivity index (χ1) is 48.7. The van der Waals surface area contributed by atoms with E-state index >= 15 is 0 Å². The zero-order valence-corrected chi connectivity index (χ0v) is 63.6. The quantitative estimate of drug-likeness (QED) is 0.0169. The molecule has 0 spiro atoms. The van der Waals surface area contributed by atoms with Crippen molar-refractivity contribution < 1.29 is 80.2 Å². The number of allylic oxidation sites excluding steroid dienone is 25. The molecule has 5 atom stereocenters. The van der Waals surface area contributed by atoms with Crippen molar-refractivity contribution >= 4 is 39.5 Å². The van der Waals surface area contributed by atoms with E-state index in [1.807, 2.05) is 36.5 Å². The van der Waals surface area contributed by atoms with Gasteiger partial charge in [-0.1, -0.05) is 282 Å². The molecule has 3 N–H and O–H groups in total. The summed E-state index contributed by atoms with van der Waals surface area (Å²) < 4.78 is 68.2. The average Bonchev–Trinajstić information content (AvgIpc) is 0.953. The van der Waals surface area contributed by atoms with E-state index in [1.54, 1.807) is 6.08 Å². The van der Waals surface area contributed by atoms with Gasteiger partial charge in [0.25, 0.3) is 0 Å². The van der Waals surface area contributed by atoms with E-state index in [4.69, 9.17) is 37.0 Å². The summed E-state index contributed by atoms with van der Waals surface area (Å²) in [6, 6.07) is 0. The maximum absolute atomic E-state index is 13.1. The van der Waals surface area contributed by atoms with Crippen molar-refractivity contribution in [2.45, 2.75) is 290 Å². The summed E-state index contributed by atoms with van der Waals surface area (Å²) in [4.78, 5) is 72.7. The Balaban J connectivity index is 5.47. The van der Waals surface area contributed by atoms with Crippen molar-refractivity contribution in [2.24, 2.45) is 0 Å². The van der Waals surface area contributed by atoms with Crippen LogP contribution in [0.3, 0.4) is 0 Å². The number of esters is 4. The van der Waals surface area contributed by atoms with Crippen LogP contribution in [0.25, 0.3) is 0 Å². The van der Waals surface area contributed by atoms with Crippen molar-refractivity contribution in [2.75, 3.05) is 39.6 Å². The van der Waals surface area contributed by atoms with Crippen LogP contribution in [0.1, 0.15) is 272 Å². The lowest BCUT2D eigenvalue weighted by Crippen LogP contribution is -2.30. The smallest absolute Gasteiger partial charge is 0.462 e. The lowest BCUT2D eigenvalue weighted by Gasteiger charge is -2.21. The molecule has 0 aliphatic rings. The van der Waals surface area contributed by atoms with Crippen LogP contribution in [0.4, 0.5) is 0 Å². The second kappa shape index (κ2) is 72.0. The van der Waals surface area contributed by atoms with Crippen molar-refractivity contribution in [3.05, 3.63) is 158 Å². The Labute approximate surface area is 604 Å². The number of phosphoric acid groups is 2. The van der Waals surface area contributed by atoms with Gasteiger partial charge in [0.1, 0.15) is 19.3 Å². The molecule has 19 heteroatoms. The van der Waals surface area contributed by atoms with E-state index in [0.717, 1.165) is 128 Å². The molecule has 0 amide bonds. The Morgan fingerprint density at radius 1 is 0.300 bits per heavy atom. The molecule has 5 unspecified atom stereocenters. The lowest BCUT2D eigenvalue weighted by atomic mass is 10.1. The zero-order valence-electron chi connectivity index (χ0n) is 61.8. The van der Waals surface area contributed by atoms with Gasteiger partial charge in [-0.3, -0.25) is 37.3 Å². The zero-order chi connectivity index (χ0) is 73.2. The Bertz CT molecular complexity index is 2520. The van der Waals surface area contributed by atoms with Gasteiger partial charge in [0.15, 0.2) is 12.2 Å². The van der Waals surface area contributed by atoms with E-state index in [9.17, 15) is 43.2 Å². The summed E-state index contributed by atoms with van der Waals surface area (Å²) in [5.74, 6) is -2.45. The topological polar surface area (TPSA) is 237 Å². The third-order valence-corrected chi connectivity index (χ3v) is 16.9. The number of ether oxygens (including phenoxy) is 4. The molecular weight excluding hydrogens is 1310 g/mol. The van der Waals surface area contributed by atoms with E-state index in [0.29, 0.717) is 32.1 Å². The van der Waals surface area contributed by atoms with Gasteiger partial charge in [-0.2, -0.15) is 0 Å². The predicted molar refractivity (Wildman–Crippen MR) is 408 cm³/mol. The molecule has 0 rings (SSSR count). The number of carbonyl (C=O) groups excluding carboxylic acids is 4. The summed E-state index contributed by atoms with van der Waals surface area (Å²) >= 11 is 0. The largest absolute Gasteiger partial charge is 0.472 e. The van der Waals surface area contributed by atoms with Gasteiger partial charge in [-0.15, -0.1) is 0 Å². The number of unbranched alkanes of at least 4 members (excludes halogenated alkanes) is 18. The monoisotopic (exact) mass is 1440 g/mol. The highest BCUT2D eigenvalue weighted by Gasteiger charge is 2.30. The number of phosphoric ester groups is 2. The molecule has 0 saturated carbocycles. The fourth-order valence-electron chi connectivity index (χ4n) is 9.35. The molecule has 0 bridgehead atoms. The molecule has 100 heavy (non-hydrogen) atoms. The Morgan fingerprint density at radius 3 is 0.950 bits per heavy atom. The normalized spacial score (nSPS) is 14.8. The Hall–Kier alpha value is -5.32. The third-order valence-electron chi connectivity index (χ3n) is 15.0. The number of hydrogen-bond acceptors (Lipinski definition) is 15. The van der Waals surface area contributed by atoms with Gasteiger partial charge in [0, 0.05) is 19.3 Å². The highest BCUT2D eigenvalue weighted by Crippen LogP contribution is 2.45. The van der Waals surface area contributed by atoms with Crippen LogP contribution in [0.5, 0.6) is 0 Å². The molecule has 0 saturated heterocycles. The number of carbonyl (C=O) groups is 4. The molecule has 0 radical (unpaired) electrons. The highest BCUT2D eigenvalue weighted by atomic mass is 31.2. The summed E-state index contributed by atoms with van der Waals surface area (Å²) in [7, 11) is -10.0. The Kier molecular flexibility index (Phi) is 68.2. The van der Waals surface area contributed by atoms with Gasteiger partial charge in [-0.25, -0.2) is 9.13 Å². The molecular formula is C81H132O17P2. The van der Waals surface area contributed by atoms with Crippen molar-refractivity contribution in [3.63, 3.8) is 0 Å². The summed E-state index contributed by atoms with van der Waals surface area (Å²) in [5.41, 5.74) is 0. The average molecular weight is 1440 g/mol. The summed E-state index contributed by atoms with van der Waals surface area (Å²) in [6.07, 6.45) is 82.9. The number of rotatable bonds is 69. The van der Waals surface area contributed by atoms with Crippen LogP contribution in [0.2, 0.25) is 0 Å². The number of hydrogen-bond donors (Lipinski definition) is 3. The van der Waals surface area contributed by atoms with Crippen LogP contribution in [0.15, 0.2) is 158 Å².